The molecule has 0 saturated carbocycles. The molecule has 6 nitrogen and oxygen atoms in total. The van der Waals surface area contributed by atoms with Gasteiger partial charge in [0.1, 0.15) is 16.7 Å². The third kappa shape index (κ3) is 4.03. The topological polar surface area (TPSA) is 90.1 Å². The van der Waals surface area contributed by atoms with Crippen LogP contribution in [0.15, 0.2) is 11.1 Å². The zero-order valence-corrected chi connectivity index (χ0v) is 10.0. The molecular weight excluding hydrogens is 228 g/mol. The minimum absolute atomic E-state index is 0.230. The number of nitrogens with one attached hydrogen (secondary N) is 1. The largest absolute Gasteiger partial charge is 0.465 e. The summed E-state index contributed by atoms with van der Waals surface area (Å²) in [6.07, 6.45) is 0. The highest BCUT2D eigenvalue weighted by molar-refractivity contribution is 7.99. The van der Waals surface area contributed by atoms with Crippen LogP contribution < -0.4 is 11.3 Å². The summed E-state index contributed by atoms with van der Waals surface area (Å²) in [7, 11) is 0. The van der Waals surface area contributed by atoms with Crippen molar-refractivity contribution in [1.82, 2.24) is 9.97 Å². The third-order valence-electron chi connectivity index (χ3n) is 1.61. The molecule has 0 aliphatic rings. The first-order valence-electron chi connectivity index (χ1n) is 4.76. The molecule has 1 aromatic rings. The van der Waals surface area contributed by atoms with Crippen molar-refractivity contribution in [3.8, 4) is 0 Å². The zero-order valence-electron chi connectivity index (χ0n) is 9.19. The van der Waals surface area contributed by atoms with E-state index in [0.29, 0.717) is 23.3 Å². The molecule has 7 heteroatoms. The molecule has 0 atom stereocenters. The van der Waals surface area contributed by atoms with Crippen LogP contribution in [-0.4, -0.2) is 28.3 Å². The number of carbonyl (C=O) groups is 1. The van der Waals surface area contributed by atoms with E-state index in [0.717, 1.165) is 0 Å². The van der Waals surface area contributed by atoms with Gasteiger partial charge in [-0.05, 0) is 13.8 Å². The quantitative estimate of drug-likeness (QED) is 0.258. The van der Waals surface area contributed by atoms with Crippen molar-refractivity contribution >= 4 is 23.5 Å². The number of nitrogen functional groups attached to an aromatic ring is 1. The lowest BCUT2D eigenvalue weighted by molar-refractivity contribution is -0.139. The van der Waals surface area contributed by atoms with Gasteiger partial charge in [-0.2, -0.15) is 0 Å². The van der Waals surface area contributed by atoms with Gasteiger partial charge in [-0.1, -0.05) is 11.8 Å². The summed E-state index contributed by atoms with van der Waals surface area (Å²) in [6.45, 7) is 3.92. The molecule has 1 rings (SSSR count). The molecule has 0 unspecified atom stereocenters. The number of rotatable bonds is 5. The number of hydrazine groups is 1. The molecule has 16 heavy (non-hydrogen) atoms. The van der Waals surface area contributed by atoms with Crippen molar-refractivity contribution in [1.29, 1.82) is 0 Å². The summed E-state index contributed by atoms with van der Waals surface area (Å²) >= 11 is 1.29. The van der Waals surface area contributed by atoms with Gasteiger partial charge in [0.25, 0.3) is 0 Å². The van der Waals surface area contributed by atoms with E-state index in [1.807, 2.05) is 0 Å². The number of carbonyl (C=O) groups excluding carboxylic acids is 1. The van der Waals surface area contributed by atoms with Crippen molar-refractivity contribution in [2.75, 3.05) is 17.8 Å². The molecule has 0 amide bonds. The van der Waals surface area contributed by atoms with E-state index >= 15 is 0 Å². The minimum Gasteiger partial charge on any atom is -0.465 e. The Morgan fingerprint density at radius 3 is 3.00 bits per heavy atom. The molecule has 1 aromatic heterocycles. The fourth-order valence-electron chi connectivity index (χ4n) is 1.02. The smallest absolute Gasteiger partial charge is 0.316 e. The van der Waals surface area contributed by atoms with Crippen LogP contribution in [0.1, 0.15) is 12.7 Å². The van der Waals surface area contributed by atoms with Crippen molar-refractivity contribution < 1.29 is 9.53 Å². The monoisotopic (exact) mass is 242 g/mol. The number of aryl methyl sites for hydroxylation is 1. The molecule has 0 spiro atoms. The molecule has 0 radical (unpaired) electrons. The normalized spacial score (nSPS) is 9.94. The Balaban J connectivity index is 2.59. The zero-order chi connectivity index (χ0) is 12.0. The Morgan fingerprint density at radius 1 is 1.62 bits per heavy atom. The highest BCUT2D eigenvalue weighted by Gasteiger charge is 2.06. The molecule has 1 heterocycles. The Hall–Kier alpha value is -1.34. The van der Waals surface area contributed by atoms with Crippen molar-refractivity contribution in [2.24, 2.45) is 5.84 Å². The summed E-state index contributed by atoms with van der Waals surface area (Å²) in [5.41, 5.74) is 2.44. The van der Waals surface area contributed by atoms with Gasteiger partial charge in [-0.25, -0.2) is 15.8 Å². The number of nitrogens with two attached hydrogens (primary N) is 1. The van der Waals surface area contributed by atoms with Crippen molar-refractivity contribution in [2.45, 2.75) is 18.9 Å². The van der Waals surface area contributed by atoms with E-state index in [4.69, 9.17) is 10.6 Å². The average molecular weight is 242 g/mol. The first-order valence-corrected chi connectivity index (χ1v) is 5.75. The van der Waals surface area contributed by atoms with Gasteiger partial charge in [0.05, 0.1) is 12.4 Å². The second-order valence-electron chi connectivity index (χ2n) is 2.88. The summed E-state index contributed by atoms with van der Waals surface area (Å²) in [6, 6.07) is 1.68. The summed E-state index contributed by atoms with van der Waals surface area (Å²) in [5, 5.41) is 0.688. The lowest BCUT2D eigenvalue weighted by Crippen LogP contribution is -2.10. The number of anilines is 1. The van der Waals surface area contributed by atoms with E-state index in [1.165, 1.54) is 11.8 Å². The maximum atomic E-state index is 11.1. The standard InChI is InChI=1S/C9H14N4O2S/c1-3-15-9(14)5-16-8-4-7(13-10)11-6(2)12-8/h4H,3,5,10H2,1-2H3,(H,11,12,13). The number of hydrogen-bond acceptors (Lipinski definition) is 7. The van der Waals surface area contributed by atoms with Gasteiger partial charge in [0, 0.05) is 6.07 Å². The van der Waals surface area contributed by atoms with Crippen LogP contribution in [0, 0.1) is 6.92 Å². The first-order chi connectivity index (χ1) is 7.65. The van der Waals surface area contributed by atoms with Gasteiger partial charge in [-0.15, -0.1) is 0 Å². The maximum absolute atomic E-state index is 11.1. The summed E-state index contributed by atoms with van der Waals surface area (Å²) < 4.78 is 4.81. The summed E-state index contributed by atoms with van der Waals surface area (Å²) in [4.78, 5) is 19.3. The second-order valence-corrected chi connectivity index (χ2v) is 3.87. The fraction of sp³-hybridized carbons (Fsp3) is 0.444. The molecular formula is C9H14N4O2S. The number of ether oxygens (including phenoxy) is 1. The first kappa shape index (κ1) is 12.7. The summed E-state index contributed by atoms with van der Waals surface area (Å²) in [5.74, 6) is 6.35. The van der Waals surface area contributed by atoms with Crippen LogP contribution >= 0.6 is 11.8 Å². The Bertz CT molecular complexity index is 373. The molecule has 88 valence electrons. The van der Waals surface area contributed by atoms with Gasteiger partial charge in [0.2, 0.25) is 0 Å². The van der Waals surface area contributed by atoms with Crippen LogP contribution in [0.25, 0.3) is 0 Å². The molecule has 0 aliphatic carbocycles. The Kier molecular flexibility index (Phi) is 5.00. The average Bonchev–Trinajstić information content (AvgIpc) is 2.26. The van der Waals surface area contributed by atoms with Crippen molar-refractivity contribution in [3.63, 3.8) is 0 Å². The molecule has 0 aliphatic heterocycles. The second kappa shape index (κ2) is 6.29. The van der Waals surface area contributed by atoms with Crippen LogP contribution in [-0.2, 0) is 9.53 Å². The Morgan fingerprint density at radius 2 is 2.38 bits per heavy atom. The number of nitrogens with zero attached hydrogens (tertiary/aromatic N) is 2. The van der Waals surface area contributed by atoms with E-state index in [-0.39, 0.29) is 11.7 Å². The van der Waals surface area contributed by atoms with E-state index in [1.54, 1.807) is 19.9 Å². The van der Waals surface area contributed by atoms with Crippen molar-refractivity contribution in [3.05, 3.63) is 11.9 Å². The van der Waals surface area contributed by atoms with E-state index in [9.17, 15) is 4.79 Å². The number of aromatic nitrogens is 2. The predicted octanol–water partition coefficient (Wildman–Crippen LogP) is 0.726. The van der Waals surface area contributed by atoms with E-state index in [2.05, 4.69) is 15.4 Å². The molecule has 3 N–H and O–H groups in total. The van der Waals surface area contributed by atoms with Crippen LogP contribution in [0.2, 0.25) is 0 Å². The van der Waals surface area contributed by atoms with Crippen LogP contribution in [0.5, 0.6) is 0 Å². The molecule has 0 aromatic carbocycles. The van der Waals surface area contributed by atoms with Gasteiger partial charge in [-0.3, -0.25) is 4.79 Å². The number of hydrogen-bond donors (Lipinski definition) is 2. The number of thioether (sulfide) groups is 1. The SMILES string of the molecule is CCOC(=O)CSc1cc(NN)nc(C)n1. The van der Waals surface area contributed by atoms with Crippen LogP contribution in [0.4, 0.5) is 5.82 Å². The maximum Gasteiger partial charge on any atom is 0.316 e. The highest BCUT2D eigenvalue weighted by Crippen LogP contribution is 2.18. The van der Waals surface area contributed by atoms with Gasteiger partial charge in [0.15, 0.2) is 0 Å². The Labute approximate surface area is 98.0 Å². The lowest BCUT2D eigenvalue weighted by Gasteiger charge is -2.04. The fourth-order valence-corrected chi connectivity index (χ4v) is 1.76. The number of esters is 1. The molecule has 0 saturated heterocycles. The predicted molar refractivity (Wildman–Crippen MR) is 61.9 cm³/mol. The minimum atomic E-state index is -0.258. The highest BCUT2D eigenvalue weighted by atomic mass is 32.2. The van der Waals surface area contributed by atoms with E-state index < -0.39 is 0 Å². The van der Waals surface area contributed by atoms with Crippen LogP contribution in [0.3, 0.4) is 0 Å². The molecule has 0 fully saturated rings. The lowest BCUT2D eigenvalue weighted by atomic mass is 10.5. The van der Waals surface area contributed by atoms with Gasteiger partial charge < -0.3 is 10.2 Å². The third-order valence-corrected chi connectivity index (χ3v) is 2.49. The van der Waals surface area contributed by atoms with Gasteiger partial charge >= 0.3 is 5.97 Å². The molecule has 0 bridgehead atoms.